The summed E-state index contributed by atoms with van der Waals surface area (Å²) >= 11 is 18.3. The van der Waals surface area contributed by atoms with Crippen LogP contribution in [0.2, 0.25) is 15.2 Å². The molecule has 0 spiro atoms. The van der Waals surface area contributed by atoms with Crippen LogP contribution in [0.4, 0.5) is 5.82 Å². The minimum absolute atomic E-state index is 0.466. The Labute approximate surface area is 162 Å². The van der Waals surface area contributed by atoms with E-state index in [1.807, 2.05) is 30.3 Å². The molecule has 2 aliphatic rings. The highest BCUT2D eigenvalue weighted by molar-refractivity contribution is 6.35. The van der Waals surface area contributed by atoms with Crippen LogP contribution in [0.1, 0.15) is 24.0 Å². The Morgan fingerprint density at radius 3 is 2.84 bits per heavy atom. The van der Waals surface area contributed by atoms with Gasteiger partial charge >= 0.3 is 0 Å². The van der Waals surface area contributed by atoms with E-state index in [-0.39, 0.29) is 0 Å². The number of piperidine rings is 1. The number of pyridine rings is 1. The van der Waals surface area contributed by atoms with E-state index in [2.05, 4.69) is 9.88 Å². The molecule has 1 atom stereocenters. The summed E-state index contributed by atoms with van der Waals surface area (Å²) in [4.78, 5) is 11.6. The fraction of sp³-hybridized carbons (Fsp3) is 0.368. The number of likely N-dealkylation sites (tertiary alicyclic amines) is 1. The summed E-state index contributed by atoms with van der Waals surface area (Å²) < 4.78 is 0. The molecule has 2 aliphatic heterocycles. The van der Waals surface area contributed by atoms with Crippen LogP contribution in [-0.4, -0.2) is 28.7 Å². The second-order valence-electron chi connectivity index (χ2n) is 6.71. The fourth-order valence-corrected chi connectivity index (χ4v) is 4.27. The largest absolute Gasteiger partial charge is 0.298 e. The predicted molar refractivity (Wildman–Crippen MR) is 105 cm³/mol. The standard InChI is InChI=1S/C19H18Cl3N3/c20-15-5-3-13(16(21)9-15)10-25-7-1-2-14(11-25)17-8-12-4-6-18(22)24-19(12)23-17/h3-6,9,14H,1-2,7-8,10-11H2/t14-/m0/s1. The first-order valence-electron chi connectivity index (χ1n) is 8.47. The molecule has 1 fully saturated rings. The van der Waals surface area contributed by atoms with Crippen LogP contribution in [0, 0.1) is 5.92 Å². The second kappa shape index (κ2) is 7.24. The van der Waals surface area contributed by atoms with Gasteiger partial charge in [0.1, 0.15) is 5.15 Å². The zero-order chi connectivity index (χ0) is 17.4. The van der Waals surface area contributed by atoms with Gasteiger partial charge in [0.25, 0.3) is 0 Å². The molecule has 2 aromatic rings. The Kier molecular flexibility index (Phi) is 5.01. The van der Waals surface area contributed by atoms with Crippen LogP contribution in [0.15, 0.2) is 35.3 Å². The van der Waals surface area contributed by atoms with Gasteiger partial charge in [-0.15, -0.1) is 0 Å². The molecule has 3 heterocycles. The third kappa shape index (κ3) is 3.85. The van der Waals surface area contributed by atoms with Crippen molar-refractivity contribution in [2.24, 2.45) is 10.9 Å². The summed E-state index contributed by atoms with van der Waals surface area (Å²) in [5, 5.41) is 1.92. The Hall–Kier alpha value is -1.13. The van der Waals surface area contributed by atoms with Gasteiger partial charge in [-0.2, -0.15) is 0 Å². The van der Waals surface area contributed by atoms with Crippen molar-refractivity contribution in [1.29, 1.82) is 0 Å². The number of hydrogen-bond donors (Lipinski definition) is 0. The lowest BCUT2D eigenvalue weighted by Crippen LogP contribution is -2.38. The van der Waals surface area contributed by atoms with E-state index >= 15 is 0 Å². The molecule has 0 bridgehead atoms. The van der Waals surface area contributed by atoms with Gasteiger partial charge in [-0.1, -0.05) is 46.9 Å². The molecular formula is C19H18Cl3N3. The number of halogens is 3. The lowest BCUT2D eigenvalue weighted by Gasteiger charge is -2.33. The summed E-state index contributed by atoms with van der Waals surface area (Å²) in [7, 11) is 0. The molecule has 3 nitrogen and oxygen atoms in total. The molecule has 0 amide bonds. The maximum Gasteiger partial charge on any atom is 0.157 e. The zero-order valence-electron chi connectivity index (χ0n) is 13.7. The van der Waals surface area contributed by atoms with Crippen molar-refractivity contribution in [3.05, 3.63) is 56.7 Å². The molecule has 25 heavy (non-hydrogen) atoms. The highest BCUT2D eigenvalue weighted by Crippen LogP contribution is 2.32. The summed E-state index contributed by atoms with van der Waals surface area (Å²) in [6.45, 7) is 2.93. The molecule has 1 saturated heterocycles. The SMILES string of the molecule is Clc1ccc(CN2CCC[C@H](C3=Nc4nc(Cl)ccc4C3)C2)c(Cl)c1. The lowest BCUT2D eigenvalue weighted by atomic mass is 9.90. The molecule has 0 unspecified atom stereocenters. The molecule has 130 valence electrons. The van der Waals surface area contributed by atoms with E-state index in [9.17, 15) is 0 Å². The van der Waals surface area contributed by atoms with E-state index in [0.717, 1.165) is 42.5 Å². The van der Waals surface area contributed by atoms with Crippen molar-refractivity contribution in [3.63, 3.8) is 0 Å². The monoisotopic (exact) mass is 393 g/mol. The molecule has 1 aromatic heterocycles. The molecule has 1 aromatic carbocycles. The van der Waals surface area contributed by atoms with Gasteiger partial charge in [0.2, 0.25) is 0 Å². The van der Waals surface area contributed by atoms with Gasteiger partial charge in [0, 0.05) is 46.7 Å². The number of aromatic nitrogens is 1. The average Bonchev–Trinajstić information content (AvgIpc) is 3.01. The number of rotatable bonds is 3. The number of fused-ring (bicyclic) bond motifs is 1. The Morgan fingerprint density at radius 1 is 1.12 bits per heavy atom. The predicted octanol–water partition coefficient (Wildman–Crippen LogP) is 5.58. The van der Waals surface area contributed by atoms with E-state index in [0.29, 0.717) is 16.1 Å². The fourth-order valence-electron chi connectivity index (χ4n) is 3.66. The van der Waals surface area contributed by atoms with Crippen LogP contribution in [0.5, 0.6) is 0 Å². The van der Waals surface area contributed by atoms with Crippen molar-refractivity contribution in [1.82, 2.24) is 9.88 Å². The summed E-state index contributed by atoms with van der Waals surface area (Å²) in [6, 6.07) is 9.61. The van der Waals surface area contributed by atoms with Gasteiger partial charge in [-0.3, -0.25) is 4.90 Å². The quantitative estimate of drug-likeness (QED) is 0.635. The Balaban J connectivity index is 1.46. The zero-order valence-corrected chi connectivity index (χ0v) is 16.0. The van der Waals surface area contributed by atoms with E-state index in [1.54, 1.807) is 0 Å². The normalized spacial score (nSPS) is 20.4. The number of hydrogen-bond acceptors (Lipinski definition) is 3. The molecule has 0 radical (unpaired) electrons. The topological polar surface area (TPSA) is 28.5 Å². The van der Waals surface area contributed by atoms with Gasteiger partial charge < -0.3 is 0 Å². The number of nitrogens with zero attached hydrogens (tertiary/aromatic N) is 3. The van der Waals surface area contributed by atoms with E-state index in [1.165, 1.54) is 24.1 Å². The third-order valence-corrected chi connectivity index (χ3v) is 5.73. The van der Waals surface area contributed by atoms with Crippen molar-refractivity contribution in [2.45, 2.75) is 25.8 Å². The first-order valence-corrected chi connectivity index (χ1v) is 9.61. The highest BCUT2D eigenvalue weighted by Gasteiger charge is 2.28. The van der Waals surface area contributed by atoms with Crippen LogP contribution in [0.25, 0.3) is 0 Å². The molecule has 6 heteroatoms. The summed E-state index contributed by atoms with van der Waals surface area (Å²) in [6.07, 6.45) is 3.23. The van der Waals surface area contributed by atoms with Crippen LogP contribution in [-0.2, 0) is 13.0 Å². The van der Waals surface area contributed by atoms with E-state index < -0.39 is 0 Å². The Morgan fingerprint density at radius 2 is 2.00 bits per heavy atom. The first-order chi connectivity index (χ1) is 12.1. The van der Waals surface area contributed by atoms with Gasteiger partial charge in [-0.05, 0) is 43.1 Å². The van der Waals surface area contributed by atoms with Crippen molar-refractivity contribution >= 4 is 46.3 Å². The maximum atomic E-state index is 6.33. The maximum absolute atomic E-state index is 6.33. The molecule has 0 aliphatic carbocycles. The average molecular weight is 395 g/mol. The van der Waals surface area contributed by atoms with Gasteiger partial charge in [0.15, 0.2) is 5.82 Å². The number of aliphatic imine (C=N–C) groups is 1. The molecule has 0 N–H and O–H groups in total. The van der Waals surface area contributed by atoms with Crippen molar-refractivity contribution < 1.29 is 0 Å². The van der Waals surface area contributed by atoms with Crippen LogP contribution < -0.4 is 0 Å². The minimum Gasteiger partial charge on any atom is -0.298 e. The molecule has 0 saturated carbocycles. The first kappa shape index (κ1) is 17.3. The van der Waals surface area contributed by atoms with E-state index in [4.69, 9.17) is 39.8 Å². The van der Waals surface area contributed by atoms with Crippen molar-refractivity contribution in [3.8, 4) is 0 Å². The highest BCUT2D eigenvalue weighted by atomic mass is 35.5. The smallest absolute Gasteiger partial charge is 0.157 e. The van der Waals surface area contributed by atoms with Gasteiger partial charge in [0.05, 0.1) is 0 Å². The van der Waals surface area contributed by atoms with Crippen LogP contribution >= 0.6 is 34.8 Å². The minimum atomic E-state index is 0.466. The second-order valence-corrected chi connectivity index (χ2v) is 7.94. The van der Waals surface area contributed by atoms with Gasteiger partial charge in [-0.25, -0.2) is 9.98 Å². The molecule has 4 rings (SSSR count). The lowest BCUT2D eigenvalue weighted by molar-refractivity contribution is 0.196. The summed E-state index contributed by atoms with van der Waals surface area (Å²) in [5.41, 5.74) is 3.53. The van der Waals surface area contributed by atoms with Crippen LogP contribution in [0.3, 0.4) is 0 Å². The Bertz CT molecular complexity index is 835. The third-order valence-electron chi connectivity index (χ3n) is 4.93. The number of benzene rings is 1. The summed E-state index contributed by atoms with van der Waals surface area (Å²) in [5.74, 6) is 1.26. The molecular weight excluding hydrogens is 377 g/mol. The van der Waals surface area contributed by atoms with Crippen molar-refractivity contribution in [2.75, 3.05) is 13.1 Å².